The molecule has 1 rings (SSSR count). The highest BCUT2D eigenvalue weighted by Crippen LogP contribution is 2.11. The lowest BCUT2D eigenvalue weighted by Gasteiger charge is -2.09. The van der Waals surface area contributed by atoms with Gasteiger partial charge in [0.1, 0.15) is 0 Å². The number of rotatable bonds is 7. The van der Waals surface area contributed by atoms with Gasteiger partial charge < -0.3 is 10.1 Å². The summed E-state index contributed by atoms with van der Waals surface area (Å²) >= 11 is 0. The second-order valence-corrected chi connectivity index (χ2v) is 4.77. The molecule has 1 N–H and O–H groups in total. The van der Waals surface area contributed by atoms with Gasteiger partial charge in [0.15, 0.2) is 0 Å². The second-order valence-electron chi connectivity index (χ2n) is 4.77. The van der Waals surface area contributed by atoms with Crippen molar-refractivity contribution in [2.45, 2.75) is 39.8 Å². The van der Waals surface area contributed by atoms with Gasteiger partial charge in [-0.2, -0.15) is 5.26 Å². The number of nitriles is 1. The summed E-state index contributed by atoms with van der Waals surface area (Å²) in [5.74, 6) is 0. The van der Waals surface area contributed by atoms with E-state index in [1.54, 1.807) is 0 Å². The molecule has 1 aromatic carbocycles. The average Bonchev–Trinajstić information content (AvgIpc) is 2.34. The van der Waals surface area contributed by atoms with Gasteiger partial charge in [-0.1, -0.05) is 19.9 Å². The Kier molecular flexibility index (Phi) is 6.42. The number of aryl methyl sites for hydroxylation is 1. The van der Waals surface area contributed by atoms with E-state index in [2.05, 4.69) is 25.2 Å². The van der Waals surface area contributed by atoms with Gasteiger partial charge in [0.2, 0.25) is 0 Å². The fraction of sp³-hybridized carbons (Fsp3) is 0.533. The van der Waals surface area contributed by atoms with Crippen LogP contribution in [-0.4, -0.2) is 19.2 Å². The summed E-state index contributed by atoms with van der Waals surface area (Å²) in [4.78, 5) is 0. The molecule has 0 aliphatic carbocycles. The maximum atomic E-state index is 8.78. The number of hydrogen-bond donors (Lipinski definition) is 1. The van der Waals surface area contributed by atoms with Crippen LogP contribution in [0.15, 0.2) is 18.2 Å². The van der Waals surface area contributed by atoms with E-state index in [4.69, 9.17) is 10.00 Å². The zero-order valence-electron chi connectivity index (χ0n) is 11.5. The van der Waals surface area contributed by atoms with E-state index in [1.807, 2.05) is 25.1 Å². The van der Waals surface area contributed by atoms with Crippen LogP contribution in [0, 0.1) is 18.3 Å². The first-order chi connectivity index (χ1) is 8.63. The van der Waals surface area contributed by atoms with E-state index in [9.17, 15) is 0 Å². The van der Waals surface area contributed by atoms with Crippen molar-refractivity contribution in [1.82, 2.24) is 5.32 Å². The Morgan fingerprint density at radius 3 is 2.78 bits per heavy atom. The minimum absolute atomic E-state index is 0.533. The van der Waals surface area contributed by atoms with Gasteiger partial charge in [-0.05, 0) is 43.1 Å². The van der Waals surface area contributed by atoms with E-state index in [0.717, 1.165) is 30.7 Å². The molecule has 0 heterocycles. The molecule has 0 radical (unpaired) electrons. The summed E-state index contributed by atoms with van der Waals surface area (Å²) in [6, 6.07) is 8.39. The molecule has 0 aliphatic rings. The molecule has 98 valence electrons. The summed E-state index contributed by atoms with van der Waals surface area (Å²) in [5.41, 5.74) is 2.98. The summed E-state index contributed by atoms with van der Waals surface area (Å²) in [5, 5.41) is 12.1. The Morgan fingerprint density at radius 1 is 1.39 bits per heavy atom. The van der Waals surface area contributed by atoms with E-state index in [0.29, 0.717) is 18.2 Å². The molecule has 0 atom stereocenters. The van der Waals surface area contributed by atoms with Crippen molar-refractivity contribution >= 4 is 0 Å². The smallest absolute Gasteiger partial charge is 0.0991 e. The van der Waals surface area contributed by atoms with Crippen molar-refractivity contribution in [2.75, 3.05) is 13.2 Å². The van der Waals surface area contributed by atoms with E-state index in [1.165, 1.54) is 0 Å². The van der Waals surface area contributed by atoms with Crippen molar-refractivity contribution in [1.29, 1.82) is 5.26 Å². The lowest BCUT2D eigenvalue weighted by molar-refractivity contribution is 0.117. The Morgan fingerprint density at radius 2 is 2.17 bits per heavy atom. The predicted octanol–water partition coefficient (Wildman–Crippen LogP) is 2.77. The Balaban J connectivity index is 2.25. The molecule has 0 fully saturated rings. The van der Waals surface area contributed by atoms with E-state index >= 15 is 0 Å². The van der Waals surface area contributed by atoms with Gasteiger partial charge in [-0.15, -0.1) is 0 Å². The van der Waals surface area contributed by atoms with Gasteiger partial charge >= 0.3 is 0 Å². The molecule has 0 aliphatic heterocycles. The number of nitrogens with one attached hydrogen (secondary N) is 1. The molecule has 0 amide bonds. The summed E-state index contributed by atoms with van der Waals surface area (Å²) in [6.45, 7) is 8.67. The third-order valence-corrected chi connectivity index (χ3v) is 2.75. The molecule has 0 bridgehead atoms. The SMILES string of the molecule is Cc1cc(C#N)ccc1COCCCNC(C)C. The van der Waals surface area contributed by atoms with Crippen LogP contribution in [0.2, 0.25) is 0 Å². The number of benzene rings is 1. The number of ether oxygens (including phenoxy) is 1. The third-order valence-electron chi connectivity index (χ3n) is 2.75. The normalized spacial score (nSPS) is 10.6. The van der Waals surface area contributed by atoms with Gasteiger partial charge in [0, 0.05) is 12.6 Å². The highest BCUT2D eigenvalue weighted by Gasteiger charge is 2.00. The summed E-state index contributed by atoms with van der Waals surface area (Å²) in [6.07, 6.45) is 1.02. The zero-order chi connectivity index (χ0) is 13.4. The lowest BCUT2D eigenvalue weighted by atomic mass is 10.1. The van der Waals surface area contributed by atoms with Crippen LogP contribution in [0.3, 0.4) is 0 Å². The second kappa shape index (κ2) is 7.86. The molecule has 1 aromatic rings. The van der Waals surface area contributed by atoms with Crippen LogP contribution in [0.1, 0.15) is 37.0 Å². The van der Waals surface area contributed by atoms with Crippen molar-refractivity contribution in [3.05, 3.63) is 34.9 Å². The minimum atomic E-state index is 0.533. The largest absolute Gasteiger partial charge is 0.377 e. The lowest BCUT2D eigenvalue weighted by Crippen LogP contribution is -2.24. The van der Waals surface area contributed by atoms with Crippen LogP contribution in [0.25, 0.3) is 0 Å². The fourth-order valence-electron chi connectivity index (χ4n) is 1.67. The fourth-order valence-corrected chi connectivity index (χ4v) is 1.67. The Bertz CT molecular complexity index is 407. The highest BCUT2D eigenvalue weighted by molar-refractivity contribution is 5.37. The first-order valence-electron chi connectivity index (χ1n) is 6.44. The molecule has 0 aromatic heterocycles. The first-order valence-corrected chi connectivity index (χ1v) is 6.44. The first kappa shape index (κ1) is 14.7. The van der Waals surface area contributed by atoms with Crippen LogP contribution < -0.4 is 5.32 Å². The van der Waals surface area contributed by atoms with Crippen LogP contribution in [-0.2, 0) is 11.3 Å². The Hall–Kier alpha value is -1.37. The maximum Gasteiger partial charge on any atom is 0.0991 e. The van der Waals surface area contributed by atoms with Gasteiger partial charge in [0.05, 0.1) is 18.2 Å². The zero-order valence-corrected chi connectivity index (χ0v) is 11.5. The van der Waals surface area contributed by atoms with Gasteiger partial charge in [-0.25, -0.2) is 0 Å². The summed E-state index contributed by atoms with van der Waals surface area (Å²) in [7, 11) is 0. The van der Waals surface area contributed by atoms with E-state index < -0.39 is 0 Å². The van der Waals surface area contributed by atoms with E-state index in [-0.39, 0.29) is 0 Å². The Labute approximate surface area is 110 Å². The van der Waals surface area contributed by atoms with Crippen molar-refractivity contribution < 1.29 is 4.74 Å². The average molecular weight is 246 g/mol. The maximum absolute atomic E-state index is 8.78. The van der Waals surface area contributed by atoms with Crippen LogP contribution in [0.4, 0.5) is 0 Å². The number of hydrogen-bond acceptors (Lipinski definition) is 3. The molecule has 3 heteroatoms. The third kappa shape index (κ3) is 5.31. The molecular formula is C15H22N2O. The van der Waals surface area contributed by atoms with Crippen LogP contribution >= 0.6 is 0 Å². The molecule has 18 heavy (non-hydrogen) atoms. The standard InChI is InChI=1S/C15H22N2O/c1-12(2)17-7-4-8-18-11-15-6-5-14(10-16)9-13(15)3/h5-6,9,12,17H,4,7-8,11H2,1-3H3. The minimum Gasteiger partial charge on any atom is -0.377 e. The van der Waals surface area contributed by atoms with Gasteiger partial charge in [-0.3, -0.25) is 0 Å². The molecule has 0 saturated carbocycles. The molecule has 0 spiro atoms. The number of nitrogens with zero attached hydrogens (tertiary/aromatic N) is 1. The molecule has 0 saturated heterocycles. The quantitative estimate of drug-likeness (QED) is 0.752. The van der Waals surface area contributed by atoms with Crippen LogP contribution in [0.5, 0.6) is 0 Å². The molecule has 3 nitrogen and oxygen atoms in total. The predicted molar refractivity (Wildman–Crippen MR) is 73.3 cm³/mol. The summed E-state index contributed by atoms with van der Waals surface area (Å²) < 4.78 is 5.63. The monoisotopic (exact) mass is 246 g/mol. The highest BCUT2D eigenvalue weighted by atomic mass is 16.5. The topological polar surface area (TPSA) is 45.0 Å². The van der Waals surface area contributed by atoms with Crippen molar-refractivity contribution in [3.8, 4) is 6.07 Å². The molecule has 0 unspecified atom stereocenters. The van der Waals surface area contributed by atoms with Crippen molar-refractivity contribution in [2.24, 2.45) is 0 Å². The van der Waals surface area contributed by atoms with Crippen molar-refractivity contribution in [3.63, 3.8) is 0 Å². The molecular weight excluding hydrogens is 224 g/mol. The van der Waals surface area contributed by atoms with Gasteiger partial charge in [0.25, 0.3) is 0 Å².